The maximum Gasteiger partial charge on any atom is 0.410 e. The van der Waals surface area contributed by atoms with Gasteiger partial charge in [0.2, 0.25) is 0 Å². The van der Waals surface area contributed by atoms with E-state index in [2.05, 4.69) is 4.74 Å². The van der Waals surface area contributed by atoms with Crippen LogP contribution in [0.4, 0.5) is 4.79 Å². The van der Waals surface area contributed by atoms with Crippen molar-refractivity contribution in [3.63, 3.8) is 0 Å². The molecule has 0 bridgehead atoms. The Morgan fingerprint density at radius 3 is 2.76 bits per heavy atom. The number of carbonyl (C=O) groups is 2. The van der Waals surface area contributed by atoms with Gasteiger partial charge in [-0.15, -0.1) is 0 Å². The Morgan fingerprint density at radius 1 is 1.47 bits per heavy atom. The molecule has 6 heteroatoms. The number of hydrogen-bond acceptors (Lipinski definition) is 5. The van der Waals surface area contributed by atoms with E-state index in [1.807, 2.05) is 6.92 Å². The highest BCUT2D eigenvalue weighted by Gasteiger charge is 2.39. The highest BCUT2D eigenvalue weighted by Crippen LogP contribution is 2.18. The maximum atomic E-state index is 11.7. The molecule has 6 nitrogen and oxygen atoms in total. The molecular formula is C11H20N2O4. The smallest absolute Gasteiger partial charge is 0.410 e. The number of methoxy groups -OCH3 is 1. The summed E-state index contributed by atoms with van der Waals surface area (Å²) in [4.78, 5) is 24.6. The van der Waals surface area contributed by atoms with Gasteiger partial charge in [0.25, 0.3) is 0 Å². The van der Waals surface area contributed by atoms with Crippen molar-refractivity contribution < 1.29 is 19.1 Å². The molecule has 0 aromatic rings. The lowest BCUT2D eigenvalue weighted by atomic mass is 10.2. The summed E-state index contributed by atoms with van der Waals surface area (Å²) in [5.74, 6) is -0.439. The second-order valence-corrected chi connectivity index (χ2v) is 4.16. The van der Waals surface area contributed by atoms with Gasteiger partial charge in [-0.3, -0.25) is 4.90 Å². The van der Waals surface area contributed by atoms with E-state index in [1.54, 1.807) is 0 Å². The molecule has 1 saturated heterocycles. The minimum atomic E-state index is -0.607. The Balaban J connectivity index is 2.54. The summed E-state index contributed by atoms with van der Waals surface area (Å²) in [7, 11) is 1.30. The number of rotatable bonds is 4. The molecule has 1 fully saturated rings. The minimum absolute atomic E-state index is 0.196. The first-order valence-corrected chi connectivity index (χ1v) is 5.87. The number of nitrogens with two attached hydrogens (primary N) is 1. The standard InChI is InChI=1S/C11H20N2O4/c1-3-4-5-17-11(15)13-7-8(12)6-9(13)10(14)16-2/h8-9H,3-7,12H2,1-2H3/t8-,9+/m1/s1. The number of nitrogens with zero attached hydrogens (tertiary/aromatic N) is 1. The number of hydrogen-bond donors (Lipinski definition) is 1. The summed E-state index contributed by atoms with van der Waals surface area (Å²) >= 11 is 0. The molecule has 0 aliphatic carbocycles. The molecule has 0 radical (unpaired) electrons. The molecule has 0 unspecified atom stereocenters. The first-order chi connectivity index (χ1) is 8.10. The van der Waals surface area contributed by atoms with E-state index in [0.717, 1.165) is 12.8 Å². The lowest BCUT2D eigenvalue weighted by Gasteiger charge is -2.21. The number of likely N-dealkylation sites (tertiary alicyclic amines) is 1. The van der Waals surface area contributed by atoms with Gasteiger partial charge in [0.1, 0.15) is 6.04 Å². The second kappa shape index (κ2) is 6.44. The maximum absolute atomic E-state index is 11.7. The monoisotopic (exact) mass is 244 g/mol. The molecular weight excluding hydrogens is 224 g/mol. The number of esters is 1. The van der Waals surface area contributed by atoms with Crippen LogP contribution in [0.15, 0.2) is 0 Å². The zero-order valence-corrected chi connectivity index (χ0v) is 10.3. The van der Waals surface area contributed by atoms with E-state index < -0.39 is 18.1 Å². The van der Waals surface area contributed by atoms with Crippen molar-refractivity contribution in [3.8, 4) is 0 Å². The first kappa shape index (κ1) is 13.8. The van der Waals surface area contributed by atoms with Crippen LogP contribution in [0.2, 0.25) is 0 Å². The first-order valence-electron chi connectivity index (χ1n) is 5.87. The van der Waals surface area contributed by atoms with Crippen LogP contribution < -0.4 is 5.73 Å². The highest BCUT2D eigenvalue weighted by molar-refractivity contribution is 5.82. The minimum Gasteiger partial charge on any atom is -0.467 e. The summed E-state index contributed by atoms with van der Waals surface area (Å²) in [6.07, 6.45) is 1.71. The Labute approximate surface area is 101 Å². The van der Waals surface area contributed by atoms with Crippen LogP contribution in [0.1, 0.15) is 26.2 Å². The Hall–Kier alpha value is -1.30. The van der Waals surface area contributed by atoms with Gasteiger partial charge in [-0.2, -0.15) is 0 Å². The number of amides is 1. The van der Waals surface area contributed by atoms with Crippen molar-refractivity contribution in [3.05, 3.63) is 0 Å². The third-order valence-electron chi connectivity index (χ3n) is 2.76. The zero-order valence-electron chi connectivity index (χ0n) is 10.3. The molecule has 0 aromatic carbocycles. The molecule has 2 atom stereocenters. The molecule has 1 rings (SSSR count). The predicted octanol–water partition coefficient (Wildman–Crippen LogP) is 0.498. The molecule has 1 amide bonds. The topological polar surface area (TPSA) is 81.9 Å². The molecule has 1 aliphatic rings. The molecule has 98 valence electrons. The highest BCUT2D eigenvalue weighted by atomic mass is 16.6. The second-order valence-electron chi connectivity index (χ2n) is 4.16. The van der Waals surface area contributed by atoms with Gasteiger partial charge < -0.3 is 15.2 Å². The fourth-order valence-electron chi connectivity index (χ4n) is 1.82. The van der Waals surface area contributed by atoms with Gasteiger partial charge in [0.15, 0.2) is 0 Å². The molecule has 1 aliphatic heterocycles. The molecule has 17 heavy (non-hydrogen) atoms. The van der Waals surface area contributed by atoms with E-state index in [9.17, 15) is 9.59 Å². The Morgan fingerprint density at radius 2 is 2.18 bits per heavy atom. The van der Waals surface area contributed by atoms with E-state index in [-0.39, 0.29) is 6.04 Å². The quantitative estimate of drug-likeness (QED) is 0.575. The van der Waals surface area contributed by atoms with Crippen LogP contribution in [0.5, 0.6) is 0 Å². The molecule has 0 spiro atoms. The van der Waals surface area contributed by atoms with E-state index in [1.165, 1.54) is 12.0 Å². The SMILES string of the molecule is CCCCOC(=O)N1C[C@H](N)C[C@H]1C(=O)OC. The van der Waals surface area contributed by atoms with Crippen molar-refractivity contribution in [1.29, 1.82) is 0 Å². The van der Waals surface area contributed by atoms with Gasteiger partial charge in [0, 0.05) is 12.6 Å². The van der Waals surface area contributed by atoms with Crippen LogP contribution in [0.3, 0.4) is 0 Å². The van der Waals surface area contributed by atoms with E-state index >= 15 is 0 Å². The third-order valence-corrected chi connectivity index (χ3v) is 2.76. The van der Waals surface area contributed by atoms with E-state index in [4.69, 9.17) is 10.5 Å². The average molecular weight is 244 g/mol. The molecule has 1 heterocycles. The van der Waals surface area contributed by atoms with Gasteiger partial charge >= 0.3 is 12.1 Å². The van der Waals surface area contributed by atoms with Crippen LogP contribution in [0, 0.1) is 0 Å². The Bertz CT molecular complexity index is 283. The summed E-state index contributed by atoms with van der Waals surface area (Å²) in [6.45, 7) is 2.72. The van der Waals surface area contributed by atoms with Gasteiger partial charge in [-0.1, -0.05) is 13.3 Å². The van der Waals surface area contributed by atoms with Crippen molar-refractivity contribution in [2.75, 3.05) is 20.3 Å². The Kier molecular flexibility index (Phi) is 5.21. The largest absolute Gasteiger partial charge is 0.467 e. The summed E-state index contributed by atoms with van der Waals surface area (Å²) in [5, 5.41) is 0. The van der Waals surface area contributed by atoms with Crippen LogP contribution in [0.25, 0.3) is 0 Å². The third kappa shape index (κ3) is 3.59. The normalized spacial score (nSPS) is 23.6. The van der Waals surface area contributed by atoms with Gasteiger partial charge in [0.05, 0.1) is 13.7 Å². The number of unbranched alkanes of at least 4 members (excludes halogenated alkanes) is 1. The van der Waals surface area contributed by atoms with Crippen molar-refractivity contribution in [1.82, 2.24) is 4.90 Å². The van der Waals surface area contributed by atoms with Crippen LogP contribution >= 0.6 is 0 Å². The zero-order chi connectivity index (χ0) is 12.8. The lowest BCUT2D eigenvalue weighted by molar-refractivity contribution is -0.145. The molecule has 0 saturated carbocycles. The van der Waals surface area contributed by atoms with Crippen molar-refractivity contribution >= 4 is 12.1 Å². The van der Waals surface area contributed by atoms with Gasteiger partial charge in [-0.05, 0) is 12.8 Å². The predicted molar refractivity (Wildman–Crippen MR) is 61.4 cm³/mol. The fourth-order valence-corrected chi connectivity index (χ4v) is 1.82. The average Bonchev–Trinajstić information content (AvgIpc) is 2.70. The summed E-state index contributed by atoms with van der Waals surface area (Å²) in [6, 6.07) is -0.804. The van der Waals surface area contributed by atoms with Crippen LogP contribution in [-0.4, -0.2) is 49.3 Å². The molecule has 0 aromatic heterocycles. The van der Waals surface area contributed by atoms with Gasteiger partial charge in [-0.25, -0.2) is 9.59 Å². The van der Waals surface area contributed by atoms with Crippen molar-refractivity contribution in [2.45, 2.75) is 38.3 Å². The summed E-state index contributed by atoms with van der Waals surface area (Å²) < 4.78 is 9.71. The van der Waals surface area contributed by atoms with Crippen LogP contribution in [-0.2, 0) is 14.3 Å². The van der Waals surface area contributed by atoms with Crippen molar-refractivity contribution in [2.24, 2.45) is 5.73 Å². The van der Waals surface area contributed by atoms with E-state index in [0.29, 0.717) is 19.6 Å². The summed E-state index contributed by atoms with van der Waals surface area (Å²) in [5.41, 5.74) is 5.74. The fraction of sp³-hybridized carbons (Fsp3) is 0.818. The number of carbonyl (C=O) groups excluding carboxylic acids is 2. The lowest BCUT2D eigenvalue weighted by Crippen LogP contribution is -2.41. The number of ether oxygens (including phenoxy) is 2. The molecule has 2 N–H and O–H groups in total.